The molecule has 0 saturated carbocycles. The van der Waals surface area contributed by atoms with Crippen LogP contribution in [0.4, 0.5) is 5.82 Å². The number of anilines is 1. The third-order valence-corrected chi connectivity index (χ3v) is 7.39. The number of thiophene rings is 2. The van der Waals surface area contributed by atoms with E-state index in [1.807, 2.05) is 15.8 Å². The maximum atomic E-state index is 12.5. The lowest BCUT2D eigenvalue weighted by atomic mass is 10.2. The van der Waals surface area contributed by atoms with Crippen LogP contribution in [0.2, 0.25) is 0 Å². The first-order valence-corrected chi connectivity index (χ1v) is 11.4. The van der Waals surface area contributed by atoms with Crippen molar-refractivity contribution in [1.82, 2.24) is 34.0 Å². The molecule has 5 aromatic rings. The van der Waals surface area contributed by atoms with E-state index < -0.39 is 0 Å². The highest BCUT2D eigenvalue weighted by molar-refractivity contribution is 7.17. The summed E-state index contributed by atoms with van der Waals surface area (Å²) in [5, 5.41) is 13.8. The Morgan fingerprint density at radius 2 is 1.87 bits per heavy atom. The van der Waals surface area contributed by atoms with Gasteiger partial charge in [0.1, 0.15) is 21.7 Å². The molecule has 0 unspecified atom stereocenters. The zero-order valence-corrected chi connectivity index (χ0v) is 17.9. The van der Waals surface area contributed by atoms with Crippen LogP contribution in [0.15, 0.2) is 34.0 Å². The molecule has 0 radical (unpaired) electrons. The molecule has 0 atom stereocenters. The van der Waals surface area contributed by atoms with Crippen molar-refractivity contribution in [2.45, 2.75) is 6.54 Å². The predicted octanol–water partition coefficient (Wildman–Crippen LogP) is 1.97. The summed E-state index contributed by atoms with van der Waals surface area (Å²) in [6.07, 6.45) is 1.65. The van der Waals surface area contributed by atoms with Gasteiger partial charge < -0.3 is 4.90 Å². The second kappa shape index (κ2) is 6.83. The number of hydrogen-bond donors (Lipinski definition) is 0. The first kappa shape index (κ1) is 17.9. The van der Waals surface area contributed by atoms with E-state index in [1.54, 1.807) is 29.3 Å². The average Bonchev–Trinajstić information content (AvgIpc) is 3.51. The van der Waals surface area contributed by atoms with Gasteiger partial charge in [-0.3, -0.25) is 18.7 Å². The van der Waals surface area contributed by atoms with Crippen LogP contribution in [0.25, 0.3) is 26.2 Å². The van der Waals surface area contributed by atoms with E-state index in [1.165, 1.54) is 11.3 Å². The second-order valence-electron chi connectivity index (χ2n) is 7.35. The molecule has 11 heteroatoms. The molecule has 6 heterocycles. The molecule has 30 heavy (non-hydrogen) atoms. The minimum Gasteiger partial charge on any atom is -0.353 e. The number of fused-ring (bicyclic) bond motifs is 4. The summed E-state index contributed by atoms with van der Waals surface area (Å²) in [5.74, 6) is 2.46. The molecule has 1 aliphatic rings. The van der Waals surface area contributed by atoms with Gasteiger partial charge in [0.05, 0.1) is 17.4 Å². The Kier molecular flexibility index (Phi) is 4.08. The Bertz CT molecular complexity index is 1440. The van der Waals surface area contributed by atoms with Gasteiger partial charge in [-0.25, -0.2) is 9.97 Å². The van der Waals surface area contributed by atoms with Crippen molar-refractivity contribution < 1.29 is 0 Å². The van der Waals surface area contributed by atoms with Crippen molar-refractivity contribution in [2.75, 3.05) is 31.1 Å². The molecule has 5 aromatic heterocycles. The summed E-state index contributed by atoms with van der Waals surface area (Å²) in [4.78, 5) is 27.1. The van der Waals surface area contributed by atoms with Crippen molar-refractivity contribution in [2.24, 2.45) is 7.05 Å². The maximum Gasteiger partial charge on any atom is 0.272 e. The molecule has 6 rings (SSSR count). The van der Waals surface area contributed by atoms with E-state index in [4.69, 9.17) is 0 Å². The van der Waals surface area contributed by atoms with Crippen molar-refractivity contribution in [3.63, 3.8) is 0 Å². The van der Waals surface area contributed by atoms with Crippen molar-refractivity contribution in [3.8, 4) is 0 Å². The SMILES string of the molecule is Cn1c(=O)c2sccc2n2c(CN3CCN(c4ncnc5sccc45)CC3)nnc12. The van der Waals surface area contributed by atoms with E-state index in [2.05, 4.69) is 41.4 Å². The average molecular weight is 439 g/mol. The van der Waals surface area contributed by atoms with E-state index in [0.29, 0.717) is 12.3 Å². The first-order valence-electron chi connectivity index (χ1n) is 9.66. The Balaban J connectivity index is 1.27. The Morgan fingerprint density at radius 3 is 2.73 bits per heavy atom. The molecule has 1 saturated heterocycles. The van der Waals surface area contributed by atoms with Crippen LogP contribution in [0, 0.1) is 0 Å². The quantitative estimate of drug-likeness (QED) is 0.426. The Morgan fingerprint density at radius 1 is 1.03 bits per heavy atom. The van der Waals surface area contributed by atoms with Gasteiger partial charge >= 0.3 is 0 Å². The lowest BCUT2D eigenvalue weighted by Gasteiger charge is -2.35. The summed E-state index contributed by atoms with van der Waals surface area (Å²) in [7, 11) is 1.75. The largest absolute Gasteiger partial charge is 0.353 e. The smallest absolute Gasteiger partial charge is 0.272 e. The minimum atomic E-state index is -0.0235. The molecule has 0 amide bonds. The number of aromatic nitrogens is 6. The molecule has 152 valence electrons. The second-order valence-corrected chi connectivity index (χ2v) is 9.16. The van der Waals surface area contributed by atoms with E-state index in [9.17, 15) is 4.79 Å². The molecule has 1 aliphatic heterocycles. The fourth-order valence-corrected chi connectivity index (χ4v) is 5.68. The standard InChI is InChI=1S/C19H18N8OS2/c1-24-18(28)15-13(3-9-29-15)27-14(22-23-19(24)27)10-25-4-6-26(7-5-25)16-12-2-8-30-17(12)21-11-20-16/h2-3,8-9,11H,4-7,10H2,1H3. The van der Waals surface area contributed by atoms with Gasteiger partial charge in [-0.1, -0.05) is 0 Å². The van der Waals surface area contributed by atoms with Crippen LogP contribution in [-0.4, -0.2) is 60.2 Å². The highest BCUT2D eigenvalue weighted by Gasteiger charge is 2.23. The molecule has 0 N–H and O–H groups in total. The van der Waals surface area contributed by atoms with Crippen LogP contribution < -0.4 is 10.5 Å². The van der Waals surface area contributed by atoms with E-state index >= 15 is 0 Å². The van der Waals surface area contributed by atoms with Gasteiger partial charge in [0, 0.05) is 33.2 Å². The fourth-order valence-electron chi connectivity index (χ4n) is 4.10. The van der Waals surface area contributed by atoms with Gasteiger partial charge in [0.25, 0.3) is 5.56 Å². The minimum absolute atomic E-state index is 0.0235. The van der Waals surface area contributed by atoms with E-state index in [0.717, 1.165) is 58.3 Å². The topological polar surface area (TPSA) is 84.5 Å². The predicted molar refractivity (Wildman–Crippen MR) is 119 cm³/mol. The van der Waals surface area contributed by atoms with Gasteiger partial charge in [0.15, 0.2) is 5.82 Å². The molecule has 0 aromatic carbocycles. The number of aryl methyl sites for hydroxylation is 1. The Hall–Kier alpha value is -2.89. The molecule has 0 aliphatic carbocycles. The summed E-state index contributed by atoms with van der Waals surface area (Å²) >= 11 is 3.10. The monoisotopic (exact) mass is 438 g/mol. The Labute approximate surface area is 178 Å². The fraction of sp³-hybridized carbons (Fsp3) is 0.316. The number of hydrogen-bond acceptors (Lipinski definition) is 9. The highest BCUT2D eigenvalue weighted by Crippen LogP contribution is 2.27. The molecular weight excluding hydrogens is 420 g/mol. The molecule has 9 nitrogen and oxygen atoms in total. The lowest BCUT2D eigenvalue weighted by Crippen LogP contribution is -2.46. The van der Waals surface area contributed by atoms with Gasteiger partial charge in [-0.2, -0.15) is 0 Å². The third-order valence-electron chi connectivity index (χ3n) is 5.67. The normalized spacial score (nSPS) is 15.7. The summed E-state index contributed by atoms with van der Waals surface area (Å²) in [6, 6.07) is 4.07. The summed E-state index contributed by atoms with van der Waals surface area (Å²) in [6.45, 7) is 4.29. The van der Waals surface area contributed by atoms with Crippen LogP contribution >= 0.6 is 22.7 Å². The third kappa shape index (κ3) is 2.66. The van der Waals surface area contributed by atoms with E-state index in [-0.39, 0.29) is 5.56 Å². The number of rotatable bonds is 3. The van der Waals surface area contributed by atoms with Crippen LogP contribution in [0.5, 0.6) is 0 Å². The molecule has 0 spiro atoms. The number of piperazine rings is 1. The van der Waals surface area contributed by atoms with Crippen molar-refractivity contribution in [3.05, 3.63) is 45.4 Å². The summed E-state index contributed by atoms with van der Waals surface area (Å²) in [5.41, 5.74) is 0.863. The lowest BCUT2D eigenvalue weighted by molar-refractivity contribution is 0.243. The van der Waals surface area contributed by atoms with Crippen LogP contribution in [0.1, 0.15) is 5.82 Å². The highest BCUT2D eigenvalue weighted by atomic mass is 32.1. The van der Waals surface area contributed by atoms with Crippen LogP contribution in [-0.2, 0) is 13.6 Å². The summed E-state index contributed by atoms with van der Waals surface area (Å²) < 4.78 is 4.33. The zero-order valence-electron chi connectivity index (χ0n) is 16.2. The zero-order chi connectivity index (χ0) is 20.2. The van der Waals surface area contributed by atoms with Crippen molar-refractivity contribution in [1.29, 1.82) is 0 Å². The van der Waals surface area contributed by atoms with Gasteiger partial charge in [-0.05, 0) is 22.9 Å². The molecule has 1 fully saturated rings. The van der Waals surface area contributed by atoms with Gasteiger partial charge in [0.2, 0.25) is 5.78 Å². The number of nitrogens with zero attached hydrogens (tertiary/aromatic N) is 8. The maximum absolute atomic E-state index is 12.5. The van der Waals surface area contributed by atoms with Crippen LogP contribution in [0.3, 0.4) is 0 Å². The molecular formula is C19H18N8OS2. The molecule has 0 bridgehead atoms. The van der Waals surface area contributed by atoms with Crippen molar-refractivity contribution >= 4 is 54.7 Å². The first-order chi connectivity index (χ1) is 14.7. The van der Waals surface area contributed by atoms with Gasteiger partial charge in [-0.15, -0.1) is 32.9 Å².